The number of carboxylic acids is 1. The molecule has 0 aliphatic rings. The van der Waals surface area contributed by atoms with Crippen LogP contribution in [0.15, 0.2) is 78.9 Å². The van der Waals surface area contributed by atoms with E-state index in [1.165, 1.54) is 38.2 Å². The second-order valence-electron chi connectivity index (χ2n) is 9.28. The molecule has 0 amide bonds. The van der Waals surface area contributed by atoms with Gasteiger partial charge in [0.1, 0.15) is 17.1 Å². The number of hydrogen-bond donors (Lipinski definition) is 1. The van der Waals surface area contributed by atoms with Crippen LogP contribution in [0.1, 0.15) is 55.9 Å². The third-order valence-electron chi connectivity index (χ3n) is 6.58. The highest BCUT2D eigenvalue weighted by atomic mass is 16.5. The molecule has 0 unspecified atom stereocenters. The fraction of sp³-hybridized carbons (Fsp3) is 0.258. The van der Waals surface area contributed by atoms with Crippen molar-refractivity contribution in [1.82, 2.24) is 14.5 Å². The molecule has 5 rings (SSSR count). The monoisotopic (exact) mass is 493 g/mol. The minimum Gasteiger partial charge on any atom is -0.494 e. The van der Waals surface area contributed by atoms with E-state index >= 15 is 0 Å². The number of pyridine rings is 1. The maximum absolute atomic E-state index is 11.6. The number of rotatable bonds is 11. The van der Waals surface area contributed by atoms with E-state index in [0.717, 1.165) is 39.7 Å². The largest absolute Gasteiger partial charge is 0.494 e. The molecule has 0 aliphatic carbocycles. The summed E-state index contributed by atoms with van der Waals surface area (Å²) in [5, 5.41) is 11.7. The van der Waals surface area contributed by atoms with Crippen molar-refractivity contribution in [1.29, 1.82) is 0 Å². The first-order chi connectivity index (χ1) is 18.1. The topological polar surface area (TPSA) is 77.2 Å². The molecular formula is C31H31N3O3. The molecule has 0 atom stereocenters. The van der Waals surface area contributed by atoms with Gasteiger partial charge in [-0.15, -0.1) is 0 Å². The molecule has 0 spiro atoms. The average Bonchev–Trinajstić information content (AvgIpc) is 3.31. The summed E-state index contributed by atoms with van der Waals surface area (Å²) in [4.78, 5) is 20.9. The first-order valence-electron chi connectivity index (χ1n) is 13.0. The van der Waals surface area contributed by atoms with Crippen LogP contribution < -0.4 is 4.74 Å². The molecule has 0 bridgehead atoms. The fourth-order valence-corrected chi connectivity index (χ4v) is 4.64. The van der Waals surface area contributed by atoms with Crippen LogP contribution in [0.5, 0.6) is 5.75 Å². The second-order valence-corrected chi connectivity index (χ2v) is 9.28. The van der Waals surface area contributed by atoms with Crippen molar-refractivity contribution in [2.75, 3.05) is 6.61 Å². The standard InChI is InChI=1S/C31H31N3O3/c1-2-3-4-5-6-9-19-37-25-17-18-26-29(21-25)34(24-16-15-22-11-7-8-12-23(22)20-24)30(33-26)27-13-10-14-28(32-27)31(35)36/h7-8,10-18,20-21H,2-6,9,19H2,1H3,(H,35,36). The summed E-state index contributed by atoms with van der Waals surface area (Å²) in [7, 11) is 0. The van der Waals surface area contributed by atoms with E-state index in [2.05, 4.69) is 42.2 Å². The van der Waals surface area contributed by atoms with Crippen molar-refractivity contribution >= 4 is 27.8 Å². The van der Waals surface area contributed by atoms with E-state index in [-0.39, 0.29) is 5.69 Å². The zero-order chi connectivity index (χ0) is 25.6. The molecular weight excluding hydrogens is 462 g/mol. The van der Waals surface area contributed by atoms with Crippen LogP contribution in [0.4, 0.5) is 0 Å². The molecule has 3 aromatic carbocycles. The summed E-state index contributed by atoms with van der Waals surface area (Å²) < 4.78 is 8.15. The van der Waals surface area contributed by atoms with Crippen LogP contribution in [0.2, 0.25) is 0 Å². The normalized spacial score (nSPS) is 11.3. The second kappa shape index (κ2) is 11.2. The van der Waals surface area contributed by atoms with Gasteiger partial charge in [0.15, 0.2) is 5.82 Å². The van der Waals surface area contributed by atoms with Gasteiger partial charge in [0.2, 0.25) is 0 Å². The van der Waals surface area contributed by atoms with Crippen molar-refractivity contribution < 1.29 is 14.6 Å². The minimum absolute atomic E-state index is 0.0161. The number of carbonyl (C=O) groups is 1. The summed E-state index contributed by atoms with van der Waals surface area (Å²) >= 11 is 0. The molecule has 188 valence electrons. The maximum atomic E-state index is 11.6. The van der Waals surface area contributed by atoms with Crippen molar-refractivity contribution in [3.63, 3.8) is 0 Å². The Bertz CT molecular complexity index is 1540. The first-order valence-corrected chi connectivity index (χ1v) is 13.0. The summed E-state index contributed by atoms with van der Waals surface area (Å²) in [6, 6.07) is 25.3. The highest BCUT2D eigenvalue weighted by Crippen LogP contribution is 2.31. The lowest BCUT2D eigenvalue weighted by molar-refractivity contribution is 0.0690. The predicted octanol–water partition coefficient (Wildman–Crippen LogP) is 7.68. The first kappa shape index (κ1) is 24.5. The summed E-state index contributed by atoms with van der Waals surface area (Å²) in [5.41, 5.74) is 3.08. The van der Waals surface area contributed by atoms with Gasteiger partial charge in [0.05, 0.1) is 17.6 Å². The number of fused-ring (bicyclic) bond motifs is 2. The number of hydrogen-bond acceptors (Lipinski definition) is 4. The number of carboxylic acid groups (broad SMARTS) is 1. The van der Waals surface area contributed by atoms with E-state index in [0.29, 0.717) is 18.1 Å². The molecule has 37 heavy (non-hydrogen) atoms. The average molecular weight is 494 g/mol. The lowest BCUT2D eigenvalue weighted by Gasteiger charge is -2.12. The Kier molecular flexibility index (Phi) is 7.45. The summed E-state index contributed by atoms with van der Waals surface area (Å²) in [5.74, 6) is 0.309. The molecule has 6 heteroatoms. The van der Waals surface area contributed by atoms with E-state index in [1.54, 1.807) is 12.1 Å². The third-order valence-corrected chi connectivity index (χ3v) is 6.58. The highest BCUT2D eigenvalue weighted by molar-refractivity contribution is 5.89. The van der Waals surface area contributed by atoms with Gasteiger partial charge >= 0.3 is 5.97 Å². The van der Waals surface area contributed by atoms with Gasteiger partial charge < -0.3 is 9.84 Å². The minimum atomic E-state index is -1.07. The van der Waals surface area contributed by atoms with E-state index in [4.69, 9.17) is 9.72 Å². The van der Waals surface area contributed by atoms with Crippen molar-refractivity contribution in [3.8, 4) is 23.0 Å². The van der Waals surface area contributed by atoms with Gasteiger partial charge in [-0.05, 0) is 53.6 Å². The van der Waals surface area contributed by atoms with Gasteiger partial charge in [-0.2, -0.15) is 0 Å². The summed E-state index contributed by atoms with van der Waals surface area (Å²) in [6.45, 7) is 2.91. The maximum Gasteiger partial charge on any atom is 0.354 e. The van der Waals surface area contributed by atoms with E-state index in [1.807, 2.05) is 34.9 Å². The predicted molar refractivity (Wildman–Crippen MR) is 148 cm³/mol. The Labute approximate surface area is 216 Å². The quantitative estimate of drug-likeness (QED) is 0.191. The lowest BCUT2D eigenvalue weighted by atomic mass is 10.1. The number of nitrogens with zero attached hydrogens (tertiary/aromatic N) is 3. The molecule has 0 saturated carbocycles. The van der Waals surface area contributed by atoms with Gasteiger partial charge in [-0.25, -0.2) is 14.8 Å². The lowest BCUT2D eigenvalue weighted by Crippen LogP contribution is -2.04. The van der Waals surface area contributed by atoms with Gasteiger partial charge in [0, 0.05) is 11.8 Å². The molecule has 0 radical (unpaired) electrons. The fourth-order valence-electron chi connectivity index (χ4n) is 4.64. The van der Waals surface area contributed by atoms with E-state index in [9.17, 15) is 9.90 Å². The molecule has 5 aromatic rings. The molecule has 6 nitrogen and oxygen atoms in total. The SMILES string of the molecule is CCCCCCCCOc1ccc2nc(-c3cccc(C(=O)O)n3)n(-c3ccc4ccccc4c3)c2c1. The number of aromatic carboxylic acids is 1. The smallest absolute Gasteiger partial charge is 0.354 e. The molecule has 0 aliphatic heterocycles. The van der Waals surface area contributed by atoms with Crippen molar-refractivity contribution in [2.45, 2.75) is 45.4 Å². The zero-order valence-corrected chi connectivity index (χ0v) is 21.1. The molecule has 1 N–H and O–H groups in total. The highest BCUT2D eigenvalue weighted by Gasteiger charge is 2.18. The van der Waals surface area contributed by atoms with Crippen molar-refractivity contribution in [2.24, 2.45) is 0 Å². The van der Waals surface area contributed by atoms with Crippen molar-refractivity contribution in [3.05, 3.63) is 84.6 Å². The summed E-state index contributed by atoms with van der Waals surface area (Å²) in [6.07, 6.45) is 7.28. The number of aromatic nitrogens is 3. The van der Waals surface area contributed by atoms with E-state index < -0.39 is 5.97 Å². The Morgan fingerprint density at radius 1 is 0.838 bits per heavy atom. The zero-order valence-electron chi connectivity index (χ0n) is 21.1. The van der Waals surface area contributed by atoms with Crippen LogP contribution in [0.3, 0.4) is 0 Å². The molecule has 2 aromatic heterocycles. The third kappa shape index (κ3) is 5.48. The Hall–Kier alpha value is -4.19. The Balaban J connectivity index is 1.53. The Morgan fingerprint density at radius 2 is 1.65 bits per heavy atom. The number of unbranched alkanes of at least 4 members (excludes halogenated alkanes) is 5. The number of imidazole rings is 1. The van der Waals surface area contributed by atoms with Crippen LogP contribution in [-0.2, 0) is 0 Å². The number of benzene rings is 3. The van der Waals surface area contributed by atoms with Crippen LogP contribution in [0, 0.1) is 0 Å². The van der Waals surface area contributed by atoms with Gasteiger partial charge in [0.25, 0.3) is 0 Å². The van der Waals surface area contributed by atoms with Gasteiger partial charge in [-0.3, -0.25) is 4.57 Å². The Morgan fingerprint density at radius 3 is 2.49 bits per heavy atom. The van der Waals surface area contributed by atoms with Crippen LogP contribution in [-0.4, -0.2) is 32.2 Å². The number of ether oxygens (including phenoxy) is 1. The van der Waals surface area contributed by atoms with Gasteiger partial charge in [-0.1, -0.05) is 75.4 Å². The molecule has 2 heterocycles. The van der Waals surface area contributed by atoms with Crippen LogP contribution >= 0.6 is 0 Å². The molecule has 0 saturated heterocycles. The molecule has 0 fully saturated rings. The van der Waals surface area contributed by atoms with Crippen LogP contribution in [0.25, 0.3) is 39.0 Å².